The molecular formula is C26H36O3. The zero-order valence-electron chi connectivity index (χ0n) is 19.0. The van der Waals surface area contributed by atoms with Crippen LogP contribution in [0.2, 0.25) is 0 Å². The van der Waals surface area contributed by atoms with Gasteiger partial charge in [0.2, 0.25) is 0 Å². The van der Waals surface area contributed by atoms with E-state index < -0.39 is 5.41 Å². The van der Waals surface area contributed by atoms with Crippen LogP contribution in [0.15, 0.2) is 48.5 Å². The molecule has 0 amide bonds. The van der Waals surface area contributed by atoms with E-state index in [0.717, 1.165) is 25.0 Å². The van der Waals surface area contributed by atoms with Crippen molar-refractivity contribution < 1.29 is 14.3 Å². The first-order chi connectivity index (χ1) is 13.6. The standard InChI is InChI=1S/C26H36O3/c1-8-25(5,6)29-23-17-13-21(14-18-23)19(4)20-11-15-22(16-12-20)28-24(27)26(7,9-2)10-3/h11-19H,8-10H2,1-7H3. The fraction of sp³-hybridized carbons (Fsp3) is 0.500. The third-order valence-electron chi connectivity index (χ3n) is 6.27. The Hall–Kier alpha value is -2.29. The predicted molar refractivity (Wildman–Crippen MR) is 120 cm³/mol. The maximum Gasteiger partial charge on any atom is 0.317 e. The normalized spacial score (nSPS) is 13.1. The summed E-state index contributed by atoms with van der Waals surface area (Å²) in [5.74, 6) is 1.58. The molecule has 0 N–H and O–H groups in total. The molecular weight excluding hydrogens is 360 g/mol. The van der Waals surface area contributed by atoms with Crippen molar-refractivity contribution in [2.75, 3.05) is 0 Å². The number of rotatable bonds is 9. The van der Waals surface area contributed by atoms with Gasteiger partial charge in [-0.1, -0.05) is 52.0 Å². The molecule has 2 rings (SSSR count). The fourth-order valence-electron chi connectivity index (χ4n) is 3.00. The van der Waals surface area contributed by atoms with Gasteiger partial charge in [0, 0.05) is 5.92 Å². The molecule has 0 spiro atoms. The van der Waals surface area contributed by atoms with E-state index in [1.54, 1.807) is 0 Å². The van der Waals surface area contributed by atoms with Gasteiger partial charge in [-0.15, -0.1) is 0 Å². The topological polar surface area (TPSA) is 35.5 Å². The van der Waals surface area contributed by atoms with E-state index in [-0.39, 0.29) is 17.5 Å². The smallest absolute Gasteiger partial charge is 0.317 e. The lowest BCUT2D eigenvalue weighted by Gasteiger charge is -2.25. The zero-order valence-corrected chi connectivity index (χ0v) is 19.0. The number of esters is 1. The van der Waals surface area contributed by atoms with Crippen LogP contribution in [0.5, 0.6) is 11.5 Å². The third-order valence-corrected chi connectivity index (χ3v) is 6.27. The molecule has 0 bridgehead atoms. The summed E-state index contributed by atoms with van der Waals surface area (Å²) in [6.07, 6.45) is 2.50. The number of ether oxygens (including phenoxy) is 2. The Labute approximate surface area is 176 Å². The van der Waals surface area contributed by atoms with Crippen LogP contribution in [0.25, 0.3) is 0 Å². The van der Waals surface area contributed by atoms with Crippen LogP contribution in [0.1, 0.15) is 84.8 Å². The lowest BCUT2D eigenvalue weighted by atomic mass is 9.85. The van der Waals surface area contributed by atoms with Crippen LogP contribution in [0, 0.1) is 5.41 Å². The van der Waals surface area contributed by atoms with Gasteiger partial charge in [-0.05, 0) is 75.4 Å². The molecule has 3 nitrogen and oxygen atoms in total. The summed E-state index contributed by atoms with van der Waals surface area (Å²) >= 11 is 0. The third kappa shape index (κ3) is 5.85. The van der Waals surface area contributed by atoms with E-state index in [1.807, 2.05) is 57.2 Å². The van der Waals surface area contributed by atoms with E-state index in [1.165, 1.54) is 11.1 Å². The monoisotopic (exact) mass is 396 g/mol. The Morgan fingerprint density at radius 2 is 1.24 bits per heavy atom. The van der Waals surface area contributed by atoms with Gasteiger partial charge in [0.05, 0.1) is 5.41 Å². The summed E-state index contributed by atoms with van der Waals surface area (Å²) in [5.41, 5.74) is 1.82. The first-order valence-electron chi connectivity index (χ1n) is 10.8. The van der Waals surface area contributed by atoms with E-state index in [0.29, 0.717) is 5.75 Å². The highest BCUT2D eigenvalue weighted by Gasteiger charge is 2.31. The van der Waals surface area contributed by atoms with Gasteiger partial charge in [0.25, 0.3) is 0 Å². The second-order valence-corrected chi connectivity index (χ2v) is 8.73. The molecule has 2 aromatic carbocycles. The van der Waals surface area contributed by atoms with Crippen LogP contribution in [0.3, 0.4) is 0 Å². The Bertz CT molecular complexity index is 784. The molecule has 0 radical (unpaired) electrons. The van der Waals surface area contributed by atoms with Crippen molar-refractivity contribution >= 4 is 5.97 Å². The largest absolute Gasteiger partial charge is 0.488 e. The lowest BCUT2D eigenvalue weighted by Crippen LogP contribution is -2.30. The molecule has 3 heteroatoms. The van der Waals surface area contributed by atoms with Crippen molar-refractivity contribution in [2.45, 2.75) is 79.2 Å². The minimum atomic E-state index is -0.428. The highest BCUT2D eigenvalue weighted by molar-refractivity contribution is 5.78. The van der Waals surface area contributed by atoms with Crippen molar-refractivity contribution in [3.8, 4) is 11.5 Å². The van der Waals surface area contributed by atoms with Crippen molar-refractivity contribution in [1.29, 1.82) is 0 Å². The first-order valence-corrected chi connectivity index (χ1v) is 10.8. The summed E-state index contributed by atoms with van der Waals surface area (Å²) in [4.78, 5) is 12.5. The Balaban J connectivity index is 2.07. The van der Waals surface area contributed by atoms with Crippen LogP contribution < -0.4 is 9.47 Å². The first kappa shape index (κ1) is 23.0. The maximum atomic E-state index is 12.5. The van der Waals surface area contributed by atoms with Gasteiger partial charge >= 0.3 is 5.97 Å². The summed E-state index contributed by atoms with van der Waals surface area (Å²) in [6, 6.07) is 16.2. The molecule has 0 saturated carbocycles. The number of carbonyl (C=O) groups is 1. The van der Waals surface area contributed by atoms with Gasteiger partial charge in [0.15, 0.2) is 0 Å². The Morgan fingerprint density at radius 3 is 1.66 bits per heavy atom. The second kappa shape index (κ2) is 9.47. The maximum absolute atomic E-state index is 12.5. The minimum absolute atomic E-state index is 0.158. The van der Waals surface area contributed by atoms with Crippen molar-refractivity contribution in [3.63, 3.8) is 0 Å². The van der Waals surface area contributed by atoms with E-state index in [2.05, 4.69) is 39.8 Å². The fourth-order valence-corrected chi connectivity index (χ4v) is 3.00. The van der Waals surface area contributed by atoms with Crippen molar-refractivity contribution in [3.05, 3.63) is 59.7 Å². The van der Waals surface area contributed by atoms with Crippen LogP contribution in [-0.2, 0) is 4.79 Å². The van der Waals surface area contributed by atoms with Gasteiger partial charge < -0.3 is 9.47 Å². The van der Waals surface area contributed by atoms with E-state index >= 15 is 0 Å². The van der Waals surface area contributed by atoms with Gasteiger partial charge in [0.1, 0.15) is 17.1 Å². The highest BCUT2D eigenvalue weighted by Crippen LogP contribution is 2.31. The molecule has 1 atom stereocenters. The molecule has 2 aromatic rings. The number of hydrogen-bond acceptors (Lipinski definition) is 3. The van der Waals surface area contributed by atoms with Gasteiger partial charge in [-0.25, -0.2) is 0 Å². The van der Waals surface area contributed by atoms with Crippen molar-refractivity contribution in [1.82, 2.24) is 0 Å². The molecule has 1 unspecified atom stereocenters. The molecule has 0 saturated heterocycles. The SMILES string of the molecule is CCC(C)(C)Oc1ccc(C(C)c2ccc(OC(=O)C(C)(CC)CC)cc2)cc1. The summed E-state index contributed by atoms with van der Waals surface area (Å²) in [5, 5.41) is 0. The molecule has 0 aliphatic rings. The average Bonchev–Trinajstić information content (AvgIpc) is 2.73. The second-order valence-electron chi connectivity index (χ2n) is 8.73. The van der Waals surface area contributed by atoms with Crippen LogP contribution in [-0.4, -0.2) is 11.6 Å². The molecule has 0 aliphatic heterocycles. The Kier molecular flexibility index (Phi) is 7.51. The molecule has 0 fully saturated rings. The number of carbonyl (C=O) groups excluding carboxylic acids is 1. The van der Waals surface area contributed by atoms with Gasteiger partial charge in [-0.3, -0.25) is 4.79 Å². The average molecular weight is 397 g/mol. The van der Waals surface area contributed by atoms with Crippen molar-refractivity contribution in [2.24, 2.45) is 5.41 Å². The lowest BCUT2D eigenvalue weighted by molar-refractivity contribution is -0.145. The number of benzene rings is 2. The molecule has 0 heterocycles. The molecule has 0 aliphatic carbocycles. The molecule has 158 valence electrons. The predicted octanol–water partition coefficient (Wildman–Crippen LogP) is 7.14. The number of hydrogen-bond donors (Lipinski definition) is 0. The molecule has 29 heavy (non-hydrogen) atoms. The highest BCUT2D eigenvalue weighted by atomic mass is 16.5. The Morgan fingerprint density at radius 1 is 0.793 bits per heavy atom. The minimum Gasteiger partial charge on any atom is -0.488 e. The van der Waals surface area contributed by atoms with Crippen LogP contribution >= 0.6 is 0 Å². The quantitative estimate of drug-likeness (QED) is 0.334. The summed E-state index contributed by atoms with van der Waals surface area (Å²) < 4.78 is 11.7. The molecule has 0 aromatic heterocycles. The zero-order chi connectivity index (χ0) is 21.7. The van der Waals surface area contributed by atoms with Crippen LogP contribution in [0.4, 0.5) is 0 Å². The summed E-state index contributed by atoms with van der Waals surface area (Å²) in [6.45, 7) is 14.5. The van der Waals surface area contributed by atoms with E-state index in [4.69, 9.17) is 9.47 Å². The van der Waals surface area contributed by atoms with E-state index in [9.17, 15) is 4.79 Å². The van der Waals surface area contributed by atoms with Gasteiger partial charge in [-0.2, -0.15) is 0 Å². The summed E-state index contributed by atoms with van der Waals surface area (Å²) in [7, 11) is 0.